The highest BCUT2D eigenvalue weighted by molar-refractivity contribution is 14.2. The normalized spacial score (nSPS) is 11.4. The van der Waals surface area contributed by atoms with Gasteiger partial charge in [-0.05, 0) is 45.7 Å². The number of methoxy groups -OCH3 is 1. The van der Waals surface area contributed by atoms with E-state index in [-0.39, 0.29) is 0 Å². The molecular formula is C17H18IN4O2P. The van der Waals surface area contributed by atoms with Crippen molar-refractivity contribution in [2.45, 2.75) is 6.42 Å². The van der Waals surface area contributed by atoms with Gasteiger partial charge < -0.3 is 9.47 Å². The standard InChI is InChI=1S/C17H18IN4O2P/c1-4-15-13-10-12(6-7-16(13)22(20-15)25-18)14-11-19-21(2)17(14)24-9-5-8-23-3/h1,6-7,10-11,25H,5,8-9H2,2-3H3. The number of nitrogens with zero attached hydrogens (tertiary/aromatic N) is 4. The third kappa shape index (κ3) is 3.66. The van der Waals surface area contributed by atoms with Gasteiger partial charge in [-0.25, -0.2) is 9.13 Å². The maximum absolute atomic E-state index is 5.92. The van der Waals surface area contributed by atoms with E-state index in [1.54, 1.807) is 11.8 Å². The zero-order valence-electron chi connectivity index (χ0n) is 14.0. The molecule has 0 amide bonds. The van der Waals surface area contributed by atoms with E-state index in [9.17, 15) is 0 Å². The first-order valence-corrected chi connectivity index (χ1v) is 11.8. The monoisotopic (exact) mass is 468 g/mol. The van der Waals surface area contributed by atoms with E-state index in [1.807, 2.05) is 23.8 Å². The second kappa shape index (κ2) is 8.17. The number of aromatic nitrogens is 4. The van der Waals surface area contributed by atoms with Gasteiger partial charge in [0.2, 0.25) is 5.88 Å². The molecule has 3 aromatic rings. The molecule has 0 saturated carbocycles. The first-order chi connectivity index (χ1) is 12.2. The maximum Gasteiger partial charge on any atom is 0.219 e. The zero-order valence-corrected chi connectivity index (χ0v) is 17.1. The first kappa shape index (κ1) is 18.2. The molecule has 8 heteroatoms. The topological polar surface area (TPSA) is 54.1 Å². The lowest BCUT2D eigenvalue weighted by molar-refractivity contribution is 0.169. The second-order valence-electron chi connectivity index (χ2n) is 5.40. The predicted molar refractivity (Wildman–Crippen MR) is 110 cm³/mol. The second-order valence-corrected chi connectivity index (χ2v) is 7.44. The van der Waals surface area contributed by atoms with E-state index in [2.05, 4.69) is 50.3 Å². The van der Waals surface area contributed by atoms with Gasteiger partial charge in [0.15, 0.2) is 0 Å². The third-order valence-corrected chi connectivity index (χ3v) is 5.70. The fourth-order valence-corrected chi connectivity index (χ4v) is 4.15. The van der Waals surface area contributed by atoms with Crippen LogP contribution in [0.2, 0.25) is 0 Å². The Kier molecular flexibility index (Phi) is 5.94. The summed E-state index contributed by atoms with van der Waals surface area (Å²) in [4.78, 5) is 0. The molecule has 0 spiro atoms. The van der Waals surface area contributed by atoms with Crippen molar-refractivity contribution in [1.29, 1.82) is 0 Å². The van der Waals surface area contributed by atoms with Crippen LogP contribution in [-0.4, -0.2) is 39.7 Å². The van der Waals surface area contributed by atoms with Crippen molar-refractivity contribution in [3.05, 3.63) is 30.1 Å². The van der Waals surface area contributed by atoms with Gasteiger partial charge in [0.25, 0.3) is 0 Å². The average molecular weight is 468 g/mol. The van der Waals surface area contributed by atoms with Gasteiger partial charge in [0.1, 0.15) is 5.69 Å². The molecule has 2 aromatic heterocycles. The van der Waals surface area contributed by atoms with Crippen LogP contribution < -0.4 is 4.74 Å². The van der Waals surface area contributed by atoms with Crippen molar-refractivity contribution in [2.75, 3.05) is 20.3 Å². The molecule has 0 aliphatic carbocycles. The highest BCUT2D eigenvalue weighted by atomic mass is 127. The molecule has 1 aromatic carbocycles. The lowest BCUT2D eigenvalue weighted by Gasteiger charge is -2.09. The van der Waals surface area contributed by atoms with Crippen LogP contribution in [0.1, 0.15) is 12.1 Å². The summed E-state index contributed by atoms with van der Waals surface area (Å²) in [7, 11) is 3.56. The molecule has 0 aliphatic heterocycles. The average Bonchev–Trinajstić information content (AvgIpc) is 3.18. The van der Waals surface area contributed by atoms with Crippen molar-refractivity contribution in [1.82, 2.24) is 19.3 Å². The van der Waals surface area contributed by atoms with Gasteiger partial charge in [-0.3, -0.25) is 0 Å². The Morgan fingerprint density at radius 1 is 1.36 bits per heavy atom. The Morgan fingerprint density at radius 3 is 2.92 bits per heavy atom. The summed E-state index contributed by atoms with van der Waals surface area (Å²) in [5.41, 5.74) is 3.65. The number of ether oxygens (including phenoxy) is 2. The summed E-state index contributed by atoms with van der Waals surface area (Å²) in [6.45, 7) is 1.24. The molecule has 0 radical (unpaired) electrons. The molecule has 1 atom stereocenters. The van der Waals surface area contributed by atoms with Crippen LogP contribution in [-0.2, 0) is 11.8 Å². The van der Waals surface area contributed by atoms with Gasteiger partial charge in [0, 0.05) is 32.6 Å². The minimum atomic E-state index is 0.499. The molecule has 6 nitrogen and oxygen atoms in total. The van der Waals surface area contributed by atoms with E-state index in [4.69, 9.17) is 15.9 Å². The number of hydrogen-bond donors (Lipinski definition) is 0. The summed E-state index contributed by atoms with van der Waals surface area (Å²) in [6.07, 6.45) is 8.76. The van der Waals surface area contributed by atoms with Crippen LogP contribution >= 0.6 is 28.4 Å². The molecule has 0 aliphatic rings. The summed E-state index contributed by atoms with van der Waals surface area (Å²) in [6, 6.07) is 6.16. The van der Waals surface area contributed by atoms with Crippen LogP contribution in [0, 0.1) is 12.3 Å². The van der Waals surface area contributed by atoms with Gasteiger partial charge in [-0.1, -0.05) is 6.07 Å². The van der Waals surface area contributed by atoms with Gasteiger partial charge >= 0.3 is 0 Å². The number of rotatable bonds is 7. The van der Waals surface area contributed by atoms with Gasteiger partial charge in [0.05, 0.1) is 30.3 Å². The smallest absolute Gasteiger partial charge is 0.219 e. The van der Waals surface area contributed by atoms with Crippen LogP contribution in [0.3, 0.4) is 0 Å². The Balaban J connectivity index is 1.98. The molecule has 25 heavy (non-hydrogen) atoms. The van der Waals surface area contributed by atoms with Crippen LogP contribution in [0.4, 0.5) is 0 Å². The molecule has 3 rings (SSSR count). The van der Waals surface area contributed by atoms with Crippen LogP contribution in [0.15, 0.2) is 24.4 Å². The minimum Gasteiger partial charge on any atom is -0.477 e. The van der Waals surface area contributed by atoms with Gasteiger partial charge in [-0.2, -0.15) is 10.2 Å². The largest absolute Gasteiger partial charge is 0.477 e. The fourth-order valence-electron chi connectivity index (χ4n) is 2.62. The molecule has 1 unspecified atom stereocenters. The zero-order chi connectivity index (χ0) is 17.8. The van der Waals surface area contributed by atoms with Crippen LogP contribution in [0.5, 0.6) is 5.88 Å². The number of terminal acetylenes is 1. The molecule has 130 valence electrons. The number of benzene rings is 1. The number of aryl methyl sites for hydroxylation is 1. The van der Waals surface area contributed by atoms with E-state index in [1.165, 1.54) is 0 Å². The first-order valence-electron chi connectivity index (χ1n) is 7.69. The van der Waals surface area contributed by atoms with Gasteiger partial charge in [-0.15, -0.1) is 6.42 Å². The Labute approximate surface area is 161 Å². The lowest BCUT2D eigenvalue weighted by Crippen LogP contribution is -2.05. The lowest BCUT2D eigenvalue weighted by atomic mass is 10.1. The fraction of sp³-hybridized carbons (Fsp3) is 0.294. The van der Waals surface area contributed by atoms with E-state index < -0.39 is 0 Å². The highest BCUT2D eigenvalue weighted by Gasteiger charge is 2.15. The van der Waals surface area contributed by atoms with E-state index in [0.717, 1.165) is 34.3 Å². The summed E-state index contributed by atoms with van der Waals surface area (Å²) in [5, 5.41) is 9.78. The summed E-state index contributed by atoms with van der Waals surface area (Å²) in [5.74, 6) is 3.41. The molecular weight excluding hydrogens is 450 g/mol. The van der Waals surface area contributed by atoms with Crippen molar-refractivity contribution in [3.8, 4) is 29.4 Å². The number of hydrogen-bond acceptors (Lipinski definition) is 4. The minimum absolute atomic E-state index is 0.499. The van der Waals surface area contributed by atoms with Crippen molar-refractivity contribution >= 4 is 39.3 Å². The Hall–Kier alpha value is -1.62. The molecule has 0 bridgehead atoms. The molecule has 0 saturated heterocycles. The van der Waals surface area contributed by atoms with E-state index >= 15 is 0 Å². The summed E-state index contributed by atoms with van der Waals surface area (Å²) < 4.78 is 14.7. The van der Waals surface area contributed by atoms with E-state index in [0.29, 0.717) is 25.3 Å². The third-order valence-electron chi connectivity index (χ3n) is 3.82. The quantitative estimate of drug-likeness (QED) is 0.230. The number of fused-ring (bicyclic) bond motifs is 1. The molecule has 0 fully saturated rings. The maximum atomic E-state index is 5.92. The van der Waals surface area contributed by atoms with Crippen molar-refractivity contribution < 1.29 is 9.47 Å². The summed E-state index contributed by atoms with van der Waals surface area (Å²) >= 11 is 2.30. The Morgan fingerprint density at radius 2 is 2.20 bits per heavy atom. The van der Waals surface area contributed by atoms with Crippen molar-refractivity contribution in [2.24, 2.45) is 7.05 Å². The van der Waals surface area contributed by atoms with Crippen LogP contribution in [0.25, 0.3) is 22.0 Å². The SMILES string of the molecule is C#Cc1nn(PI)c2ccc(-c3cnn(C)c3OCCCOC)cc12. The predicted octanol–water partition coefficient (Wildman–Crippen LogP) is 3.63. The highest BCUT2D eigenvalue weighted by Crippen LogP contribution is 2.35. The molecule has 0 N–H and O–H groups in total. The molecule has 2 heterocycles. The Bertz CT molecular complexity index is 929. The van der Waals surface area contributed by atoms with Crippen molar-refractivity contribution in [3.63, 3.8) is 0 Å². The number of halogens is 1.